The summed E-state index contributed by atoms with van der Waals surface area (Å²) in [5, 5.41) is 0. The average molecular weight is 172 g/mol. The van der Waals surface area contributed by atoms with Crippen LogP contribution in [0.2, 0.25) is 0 Å². The van der Waals surface area contributed by atoms with E-state index in [9.17, 15) is 4.79 Å². The quantitative estimate of drug-likeness (QED) is 0.615. The van der Waals surface area contributed by atoms with Gasteiger partial charge in [-0.15, -0.1) is 0 Å². The van der Waals surface area contributed by atoms with E-state index in [0.29, 0.717) is 13.0 Å². The predicted octanol–water partition coefficient (Wildman–Crippen LogP) is 2.56. The molecule has 1 unspecified atom stereocenters. The molecule has 0 aliphatic carbocycles. The molecular weight excluding hydrogens is 152 g/mol. The standard InChI is InChI=1S/C10H20O2/c1-5-8-9(11)10(4,6-2)12-7-3/h5-8H2,1-4H3. The van der Waals surface area contributed by atoms with Crippen LogP contribution in [0.3, 0.4) is 0 Å². The van der Waals surface area contributed by atoms with Crippen molar-refractivity contribution in [2.75, 3.05) is 6.61 Å². The van der Waals surface area contributed by atoms with Gasteiger partial charge in [-0.3, -0.25) is 4.79 Å². The highest BCUT2D eigenvalue weighted by molar-refractivity contribution is 5.86. The van der Waals surface area contributed by atoms with Crippen LogP contribution >= 0.6 is 0 Å². The Morgan fingerprint density at radius 1 is 1.33 bits per heavy atom. The van der Waals surface area contributed by atoms with Gasteiger partial charge in [0.05, 0.1) is 0 Å². The molecule has 0 aromatic carbocycles. The molecular formula is C10H20O2. The van der Waals surface area contributed by atoms with Crippen LogP contribution in [0.4, 0.5) is 0 Å². The van der Waals surface area contributed by atoms with Gasteiger partial charge in [0.25, 0.3) is 0 Å². The van der Waals surface area contributed by atoms with Crippen LogP contribution in [0.25, 0.3) is 0 Å². The zero-order valence-corrected chi connectivity index (χ0v) is 8.64. The van der Waals surface area contributed by atoms with Crippen LogP contribution in [0.15, 0.2) is 0 Å². The third-order valence-corrected chi connectivity index (χ3v) is 2.20. The van der Waals surface area contributed by atoms with Gasteiger partial charge in [0.2, 0.25) is 0 Å². The molecule has 72 valence electrons. The van der Waals surface area contributed by atoms with Gasteiger partial charge < -0.3 is 4.74 Å². The lowest BCUT2D eigenvalue weighted by molar-refractivity contribution is -0.142. The smallest absolute Gasteiger partial charge is 0.164 e. The second kappa shape index (κ2) is 5.31. The monoisotopic (exact) mass is 172 g/mol. The maximum atomic E-state index is 11.6. The fourth-order valence-corrected chi connectivity index (χ4v) is 1.19. The third-order valence-electron chi connectivity index (χ3n) is 2.20. The second-order valence-corrected chi connectivity index (χ2v) is 3.19. The van der Waals surface area contributed by atoms with Crippen molar-refractivity contribution in [2.24, 2.45) is 0 Å². The second-order valence-electron chi connectivity index (χ2n) is 3.19. The Balaban J connectivity index is 4.18. The Morgan fingerprint density at radius 3 is 2.25 bits per heavy atom. The highest BCUT2D eigenvalue weighted by Crippen LogP contribution is 2.18. The lowest BCUT2D eigenvalue weighted by atomic mass is 9.94. The molecule has 0 spiro atoms. The molecule has 2 heteroatoms. The molecule has 0 aromatic heterocycles. The summed E-state index contributed by atoms with van der Waals surface area (Å²) in [6.45, 7) is 8.42. The SMILES string of the molecule is CCCC(=O)C(C)(CC)OCC. The van der Waals surface area contributed by atoms with Gasteiger partial charge in [0.15, 0.2) is 5.78 Å². The Morgan fingerprint density at radius 2 is 1.92 bits per heavy atom. The largest absolute Gasteiger partial charge is 0.368 e. The van der Waals surface area contributed by atoms with Gasteiger partial charge in [-0.25, -0.2) is 0 Å². The summed E-state index contributed by atoms with van der Waals surface area (Å²) in [5.41, 5.74) is -0.537. The molecule has 0 amide bonds. The molecule has 0 N–H and O–H groups in total. The number of carbonyl (C=O) groups is 1. The molecule has 0 aromatic rings. The summed E-state index contributed by atoms with van der Waals surface area (Å²) in [6.07, 6.45) is 2.30. The number of carbonyl (C=O) groups excluding carboxylic acids is 1. The number of Topliss-reactive ketones (excluding diaryl/α,β-unsaturated/α-hetero) is 1. The van der Waals surface area contributed by atoms with Crippen molar-refractivity contribution in [3.8, 4) is 0 Å². The van der Waals surface area contributed by atoms with Crippen molar-refractivity contribution in [2.45, 2.75) is 52.6 Å². The topological polar surface area (TPSA) is 26.3 Å². The van der Waals surface area contributed by atoms with Crippen LogP contribution < -0.4 is 0 Å². The molecule has 0 saturated heterocycles. The number of hydrogen-bond donors (Lipinski definition) is 0. The number of rotatable bonds is 6. The van der Waals surface area contributed by atoms with Gasteiger partial charge in [0.1, 0.15) is 5.60 Å². The molecule has 0 saturated carbocycles. The van der Waals surface area contributed by atoms with Crippen molar-refractivity contribution in [3.05, 3.63) is 0 Å². The predicted molar refractivity (Wildman–Crippen MR) is 50.2 cm³/mol. The Bertz CT molecular complexity index is 143. The first-order chi connectivity index (χ1) is 5.60. The minimum absolute atomic E-state index is 0.231. The van der Waals surface area contributed by atoms with Crippen LogP contribution in [0, 0.1) is 0 Å². The maximum absolute atomic E-state index is 11.6. The summed E-state index contributed by atoms with van der Waals surface area (Å²) in [4.78, 5) is 11.6. The van der Waals surface area contributed by atoms with Crippen LogP contribution in [0.1, 0.15) is 47.0 Å². The highest BCUT2D eigenvalue weighted by atomic mass is 16.5. The lowest BCUT2D eigenvalue weighted by Gasteiger charge is -2.26. The molecule has 0 aliphatic heterocycles. The molecule has 1 atom stereocenters. The minimum atomic E-state index is -0.537. The van der Waals surface area contributed by atoms with E-state index in [0.717, 1.165) is 12.8 Å². The van der Waals surface area contributed by atoms with Crippen molar-refractivity contribution in [3.63, 3.8) is 0 Å². The maximum Gasteiger partial charge on any atom is 0.164 e. The fourth-order valence-electron chi connectivity index (χ4n) is 1.19. The van der Waals surface area contributed by atoms with E-state index in [4.69, 9.17) is 4.74 Å². The Hall–Kier alpha value is -0.370. The molecule has 0 fully saturated rings. The van der Waals surface area contributed by atoms with E-state index in [1.165, 1.54) is 0 Å². The summed E-state index contributed by atoms with van der Waals surface area (Å²) in [6, 6.07) is 0. The summed E-state index contributed by atoms with van der Waals surface area (Å²) in [7, 11) is 0. The van der Waals surface area contributed by atoms with Crippen molar-refractivity contribution >= 4 is 5.78 Å². The molecule has 0 rings (SSSR count). The zero-order chi connectivity index (χ0) is 9.61. The minimum Gasteiger partial charge on any atom is -0.368 e. The van der Waals surface area contributed by atoms with E-state index in [1.54, 1.807) is 0 Å². The van der Waals surface area contributed by atoms with E-state index in [-0.39, 0.29) is 5.78 Å². The van der Waals surface area contributed by atoms with E-state index in [2.05, 4.69) is 0 Å². The summed E-state index contributed by atoms with van der Waals surface area (Å²) >= 11 is 0. The first-order valence-corrected chi connectivity index (χ1v) is 4.78. The first kappa shape index (κ1) is 11.6. The number of ether oxygens (including phenoxy) is 1. The average Bonchev–Trinajstić information content (AvgIpc) is 2.05. The van der Waals surface area contributed by atoms with Crippen molar-refractivity contribution in [1.29, 1.82) is 0 Å². The molecule has 2 nitrogen and oxygen atoms in total. The third kappa shape index (κ3) is 2.94. The first-order valence-electron chi connectivity index (χ1n) is 4.78. The van der Waals surface area contributed by atoms with Gasteiger partial charge >= 0.3 is 0 Å². The zero-order valence-electron chi connectivity index (χ0n) is 8.64. The van der Waals surface area contributed by atoms with Gasteiger partial charge in [-0.05, 0) is 26.7 Å². The Labute approximate surface area is 75.3 Å². The molecule has 12 heavy (non-hydrogen) atoms. The van der Waals surface area contributed by atoms with Gasteiger partial charge in [0, 0.05) is 13.0 Å². The van der Waals surface area contributed by atoms with Crippen LogP contribution in [-0.4, -0.2) is 18.0 Å². The Kier molecular flexibility index (Phi) is 5.14. The van der Waals surface area contributed by atoms with Gasteiger partial charge in [-0.2, -0.15) is 0 Å². The summed E-state index contributed by atoms with van der Waals surface area (Å²) < 4.78 is 5.44. The molecule has 0 heterocycles. The molecule has 0 bridgehead atoms. The summed E-state index contributed by atoms with van der Waals surface area (Å²) in [5.74, 6) is 0.231. The molecule has 0 radical (unpaired) electrons. The van der Waals surface area contributed by atoms with Crippen LogP contribution in [-0.2, 0) is 9.53 Å². The fraction of sp³-hybridized carbons (Fsp3) is 0.900. The van der Waals surface area contributed by atoms with E-state index in [1.807, 2.05) is 27.7 Å². The van der Waals surface area contributed by atoms with E-state index < -0.39 is 5.60 Å². The number of hydrogen-bond acceptors (Lipinski definition) is 2. The normalized spacial score (nSPS) is 15.7. The van der Waals surface area contributed by atoms with Crippen molar-refractivity contribution < 1.29 is 9.53 Å². The number of ketones is 1. The van der Waals surface area contributed by atoms with Crippen molar-refractivity contribution in [1.82, 2.24) is 0 Å². The lowest BCUT2D eigenvalue weighted by Crippen LogP contribution is -2.37. The van der Waals surface area contributed by atoms with Gasteiger partial charge in [-0.1, -0.05) is 13.8 Å². The van der Waals surface area contributed by atoms with Crippen LogP contribution in [0.5, 0.6) is 0 Å². The molecule has 0 aliphatic rings. The highest BCUT2D eigenvalue weighted by Gasteiger charge is 2.30. The van der Waals surface area contributed by atoms with E-state index >= 15 is 0 Å².